The minimum absolute atomic E-state index is 0.840. The summed E-state index contributed by atoms with van der Waals surface area (Å²) in [6.45, 7) is 6.08. The highest BCUT2D eigenvalue weighted by Gasteiger charge is 2.25. The van der Waals surface area contributed by atoms with Crippen LogP contribution in [-0.2, 0) is 0 Å². The lowest BCUT2D eigenvalue weighted by molar-refractivity contribution is 0.212. The van der Waals surface area contributed by atoms with Crippen molar-refractivity contribution in [3.8, 4) is 0 Å². The third-order valence-electron chi connectivity index (χ3n) is 4.58. The molecule has 2 rings (SSSR count). The van der Waals surface area contributed by atoms with Crippen molar-refractivity contribution in [2.24, 2.45) is 17.8 Å². The topological polar surface area (TPSA) is 12.0 Å². The van der Waals surface area contributed by atoms with Crippen molar-refractivity contribution in [3.63, 3.8) is 0 Å². The van der Waals surface area contributed by atoms with Gasteiger partial charge in [0, 0.05) is 6.04 Å². The highest BCUT2D eigenvalue weighted by Crippen LogP contribution is 2.31. The summed E-state index contributed by atoms with van der Waals surface area (Å²) >= 11 is 0. The molecule has 15 heavy (non-hydrogen) atoms. The van der Waals surface area contributed by atoms with Crippen LogP contribution in [0.5, 0.6) is 0 Å². The Hall–Kier alpha value is -0.0400. The standard InChI is InChI=1S/C14H27N/c1-11(2)13-7-4-8-14(9-13)15-10-12-5-3-6-12/h11-15H,3-10H2,1-2H3. The Morgan fingerprint density at radius 1 is 1.07 bits per heavy atom. The second kappa shape index (κ2) is 5.34. The Kier molecular flexibility index (Phi) is 4.07. The molecule has 1 N–H and O–H groups in total. The fourth-order valence-corrected chi connectivity index (χ4v) is 3.05. The number of rotatable bonds is 4. The van der Waals surface area contributed by atoms with Gasteiger partial charge in [-0.15, -0.1) is 0 Å². The maximum atomic E-state index is 3.81. The summed E-state index contributed by atoms with van der Waals surface area (Å²) in [5, 5.41) is 3.81. The van der Waals surface area contributed by atoms with Gasteiger partial charge in [0.2, 0.25) is 0 Å². The molecule has 1 nitrogen and oxygen atoms in total. The third-order valence-corrected chi connectivity index (χ3v) is 4.58. The molecule has 2 saturated carbocycles. The maximum Gasteiger partial charge on any atom is 0.00699 e. The van der Waals surface area contributed by atoms with Crippen LogP contribution in [0.15, 0.2) is 0 Å². The zero-order valence-corrected chi connectivity index (χ0v) is 10.5. The second-order valence-corrected chi connectivity index (χ2v) is 6.07. The van der Waals surface area contributed by atoms with Crippen molar-refractivity contribution in [2.45, 2.75) is 64.8 Å². The zero-order valence-electron chi connectivity index (χ0n) is 10.5. The number of hydrogen-bond donors (Lipinski definition) is 1. The molecule has 2 fully saturated rings. The van der Waals surface area contributed by atoms with E-state index in [-0.39, 0.29) is 0 Å². The SMILES string of the molecule is CC(C)C1CCCC(NCC2CCC2)C1. The van der Waals surface area contributed by atoms with Crippen molar-refractivity contribution in [1.82, 2.24) is 5.32 Å². The van der Waals surface area contributed by atoms with Gasteiger partial charge in [0.15, 0.2) is 0 Å². The zero-order chi connectivity index (χ0) is 10.7. The van der Waals surface area contributed by atoms with E-state index < -0.39 is 0 Å². The largest absolute Gasteiger partial charge is 0.314 e. The van der Waals surface area contributed by atoms with Crippen LogP contribution in [0, 0.1) is 17.8 Å². The van der Waals surface area contributed by atoms with Crippen molar-refractivity contribution < 1.29 is 0 Å². The van der Waals surface area contributed by atoms with Crippen molar-refractivity contribution in [2.75, 3.05) is 6.54 Å². The lowest BCUT2D eigenvalue weighted by Gasteiger charge is -2.34. The van der Waals surface area contributed by atoms with Gasteiger partial charge in [-0.3, -0.25) is 0 Å². The summed E-state index contributed by atoms with van der Waals surface area (Å²) in [6, 6.07) is 0.840. The van der Waals surface area contributed by atoms with Gasteiger partial charge in [-0.2, -0.15) is 0 Å². The number of nitrogens with one attached hydrogen (secondary N) is 1. The van der Waals surface area contributed by atoms with Crippen LogP contribution in [0.4, 0.5) is 0 Å². The monoisotopic (exact) mass is 209 g/mol. The van der Waals surface area contributed by atoms with Gasteiger partial charge < -0.3 is 5.32 Å². The van der Waals surface area contributed by atoms with Crippen LogP contribution in [0.25, 0.3) is 0 Å². The summed E-state index contributed by atoms with van der Waals surface area (Å²) in [5.41, 5.74) is 0. The Labute approximate surface area is 95.0 Å². The minimum atomic E-state index is 0.840. The molecule has 0 amide bonds. The highest BCUT2D eigenvalue weighted by atomic mass is 14.9. The van der Waals surface area contributed by atoms with E-state index in [1.165, 1.54) is 51.5 Å². The molecule has 0 aliphatic heterocycles. The second-order valence-electron chi connectivity index (χ2n) is 6.07. The van der Waals surface area contributed by atoms with Crippen molar-refractivity contribution >= 4 is 0 Å². The van der Waals surface area contributed by atoms with Crippen LogP contribution in [0.2, 0.25) is 0 Å². The predicted octanol–water partition coefficient (Wildman–Crippen LogP) is 3.59. The molecule has 0 aromatic rings. The Morgan fingerprint density at radius 2 is 1.80 bits per heavy atom. The quantitative estimate of drug-likeness (QED) is 0.746. The van der Waals surface area contributed by atoms with E-state index in [4.69, 9.17) is 0 Å². The first-order valence-electron chi connectivity index (χ1n) is 6.99. The lowest BCUT2D eigenvalue weighted by atomic mass is 9.79. The predicted molar refractivity (Wildman–Crippen MR) is 65.9 cm³/mol. The molecule has 0 heterocycles. The van der Waals surface area contributed by atoms with E-state index in [1.807, 2.05) is 0 Å². The van der Waals surface area contributed by atoms with Crippen LogP contribution < -0.4 is 5.32 Å². The molecule has 0 aromatic heterocycles. The van der Waals surface area contributed by atoms with Gasteiger partial charge in [-0.05, 0) is 50.0 Å². The van der Waals surface area contributed by atoms with Crippen LogP contribution in [0.1, 0.15) is 58.8 Å². The molecule has 0 saturated heterocycles. The molecule has 2 aliphatic carbocycles. The van der Waals surface area contributed by atoms with Crippen molar-refractivity contribution in [1.29, 1.82) is 0 Å². The first kappa shape index (κ1) is 11.4. The average Bonchev–Trinajstić information content (AvgIpc) is 2.16. The van der Waals surface area contributed by atoms with E-state index >= 15 is 0 Å². The molecular weight excluding hydrogens is 182 g/mol. The van der Waals surface area contributed by atoms with E-state index in [0.29, 0.717) is 0 Å². The summed E-state index contributed by atoms with van der Waals surface area (Å²) in [5.74, 6) is 2.89. The van der Waals surface area contributed by atoms with E-state index in [0.717, 1.165) is 23.8 Å². The number of hydrogen-bond acceptors (Lipinski definition) is 1. The average molecular weight is 209 g/mol. The molecule has 0 radical (unpaired) electrons. The highest BCUT2D eigenvalue weighted by molar-refractivity contribution is 4.81. The molecule has 2 unspecified atom stereocenters. The minimum Gasteiger partial charge on any atom is -0.314 e. The normalized spacial score (nSPS) is 33.0. The van der Waals surface area contributed by atoms with Crippen LogP contribution >= 0.6 is 0 Å². The Morgan fingerprint density at radius 3 is 2.40 bits per heavy atom. The van der Waals surface area contributed by atoms with Crippen molar-refractivity contribution in [3.05, 3.63) is 0 Å². The first-order valence-corrected chi connectivity index (χ1v) is 6.99. The van der Waals surface area contributed by atoms with Gasteiger partial charge >= 0.3 is 0 Å². The fraction of sp³-hybridized carbons (Fsp3) is 1.00. The molecule has 0 spiro atoms. The lowest BCUT2D eigenvalue weighted by Crippen LogP contribution is -2.39. The summed E-state index contributed by atoms with van der Waals surface area (Å²) in [6.07, 6.45) is 10.2. The maximum absolute atomic E-state index is 3.81. The molecular formula is C14H27N. The molecule has 2 aliphatic rings. The molecule has 0 bridgehead atoms. The molecule has 1 heteroatoms. The smallest absolute Gasteiger partial charge is 0.00699 e. The Bertz CT molecular complexity index is 184. The first-order chi connectivity index (χ1) is 7.25. The fourth-order valence-electron chi connectivity index (χ4n) is 3.05. The van der Waals surface area contributed by atoms with Crippen LogP contribution in [0.3, 0.4) is 0 Å². The molecule has 88 valence electrons. The summed E-state index contributed by atoms with van der Waals surface area (Å²) in [7, 11) is 0. The van der Waals surface area contributed by atoms with Crippen LogP contribution in [-0.4, -0.2) is 12.6 Å². The van der Waals surface area contributed by atoms with E-state index in [9.17, 15) is 0 Å². The summed E-state index contributed by atoms with van der Waals surface area (Å²) in [4.78, 5) is 0. The summed E-state index contributed by atoms with van der Waals surface area (Å²) < 4.78 is 0. The third kappa shape index (κ3) is 3.21. The van der Waals surface area contributed by atoms with E-state index in [1.54, 1.807) is 0 Å². The molecule has 2 atom stereocenters. The van der Waals surface area contributed by atoms with Gasteiger partial charge in [0.1, 0.15) is 0 Å². The molecule has 0 aromatic carbocycles. The van der Waals surface area contributed by atoms with Gasteiger partial charge in [-0.25, -0.2) is 0 Å². The Balaban J connectivity index is 1.67. The van der Waals surface area contributed by atoms with Gasteiger partial charge in [0.25, 0.3) is 0 Å². The van der Waals surface area contributed by atoms with E-state index in [2.05, 4.69) is 19.2 Å². The van der Waals surface area contributed by atoms with Gasteiger partial charge in [-0.1, -0.05) is 33.1 Å². The van der Waals surface area contributed by atoms with Gasteiger partial charge in [0.05, 0.1) is 0 Å².